The van der Waals surface area contributed by atoms with Crippen LogP contribution in [-0.2, 0) is 0 Å². The second kappa shape index (κ2) is 4.62. The van der Waals surface area contributed by atoms with Crippen LogP contribution in [0.5, 0.6) is 0 Å². The zero-order chi connectivity index (χ0) is 11.5. The molecule has 0 spiro atoms. The van der Waals surface area contributed by atoms with Gasteiger partial charge in [0.05, 0.1) is 12.1 Å². The molecule has 0 saturated carbocycles. The van der Waals surface area contributed by atoms with Crippen LogP contribution in [0.2, 0.25) is 0 Å². The van der Waals surface area contributed by atoms with E-state index in [9.17, 15) is 0 Å². The Hall–Kier alpha value is -1.41. The quantitative estimate of drug-likeness (QED) is 0.818. The molecule has 1 N–H and O–H groups in total. The Bertz CT molecular complexity index is 393. The van der Waals surface area contributed by atoms with Gasteiger partial charge < -0.3 is 9.84 Å². The third-order valence-electron chi connectivity index (χ3n) is 2.88. The largest absolute Gasteiger partial charge is 0.339 e. The molecule has 0 radical (unpaired) electrons. The van der Waals surface area contributed by atoms with Crippen LogP contribution in [0.4, 0.5) is 0 Å². The lowest BCUT2D eigenvalue weighted by molar-refractivity contribution is 0.304. The lowest BCUT2D eigenvalue weighted by Crippen LogP contribution is -2.36. The number of hydrogen-bond acceptors (Lipinski definition) is 5. The zero-order valence-electron chi connectivity index (χ0n) is 9.60. The summed E-state index contributed by atoms with van der Waals surface area (Å²) in [5.41, 5.74) is 0. The van der Waals surface area contributed by atoms with Crippen molar-refractivity contribution in [2.75, 3.05) is 6.54 Å². The number of nitrogens with one attached hydrogen (secondary N) is 1. The van der Waals surface area contributed by atoms with E-state index in [2.05, 4.69) is 21.5 Å². The fourth-order valence-electron chi connectivity index (χ4n) is 1.89. The molecular weight excluding hydrogens is 204 g/mol. The van der Waals surface area contributed by atoms with E-state index in [1.807, 2.05) is 13.8 Å². The van der Waals surface area contributed by atoms with Crippen LogP contribution >= 0.6 is 0 Å². The van der Waals surface area contributed by atoms with E-state index in [1.165, 1.54) is 0 Å². The lowest BCUT2D eigenvalue weighted by atomic mass is 9.93. The molecule has 5 heteroatoms. The van der Waals surface area contributed by atoms with Crippen LogP contribution in [0.3, 0.4) is 0 Å². The monoisotopic (exact) mass is 220 g/mol. The Balaban J connectivity index is 2.08. The van der Waals surface area contributed by atoms with E-state index >= 15 is 0 Å². The minimum absolute atomic E-state index is 0.0897. The van der Waals surface area contributed by atoms with Crippen molar-refractivity contribution in [3.63, 3.8) is 0 Å². The van der Waals surface area contributed by atoms with Gasteiger partial charge in [-0.05, 0) is 19.4 Å². The van der Waals surface area contributed by atoms with Gasteiger partial charge in [0.2, 0.25) is 5.89 Å². The van der Waals surface area contributed by atoms with Gasteiger partial charge in [-0.3, -0.25) is 0 Å². The zero-order valence-corrected chi connectivity index (χ0v) is 9.60. The molecule has 0 amide bonds. The van der Waals surface area contributed by atoms with Gasteiger partial charge in [-0.2, -0.15) is 10.2 Å². The summed E-state index contributed by atoms with van der Waals surface area (Å²) in [6, 6.07) is 2.14. The highest BCUT2D eigenvalue weighted by molar-refractivity contribution is 5.04. The van der Waals surface area contributed by atoms with E-state index < -0.39 is 0 Å². The van der Waals surface area contributed by atoms with Crippen molar-refractivity contribution in [2.24, 2.45) is 0 Å². The number of nitriles is 1. The molecule has 0 unspecified atom stereocenters. The number of rotatable bonds is 2. The molecule has 0 aromatic carbocycles. The molecule has 5 nitrogen and oxygen atoms in total. The molecule has 0 aliphatic carbocycles. The summed E-state index contributed by atoms with van der Waals surface area (Å²) in [5.74, 6) is 1.95. The highest BCUT2D eigenvalue weighted by Crippen LogP contribution is 2.27. The number of aromatic nitrogens is 2. The van der Waals surface area contributed by atoms with Crippen molar-refractivity contribution in [1.29, 1.82) is 5.26 Å². The van der Waals surface area contributed by atoms with Gasteiger partial charge in [0.15, 0.2) is 5.82 Å². The third kappa shape index (κ3) is 2.22. The summed E-state index contributed by atoms with van der Waals surface area (Å²) in [7, 11) is 0. The molecule has 1 aromatic heterocycles. The van der Waals surface area contributed by atoms with Crippen molar-refractivity contribution in [3.05, 3.63) is 11.7 Å². The molecule has 2 heterocycles. The summed E-state index contributed by atoms with van der Waals surface area (Å²) in [5, 5.41) is 16.0. The predicted molar refractivity (Wildman–Crippen MR) is 57.8 cm³/mol. The molecule has 1 saturated heterocycles. The highest BCUT2D eigenvalue weighted by atomic mass is 16.5. The van der Waals surface area contributed by atoms with E-state index in [4.69, 9.17) is 9.78 Å². The normalized spacial score (nSPS) is 25.6. The molecule has 2 rings (SSSR count). The molecule has 86 valence electrons. The van der Waals surface area contributed by atoms with Crippen molar-refractivity contribution in [1.82, 2.24) is 15.5 Å². The van der Waals surface area contributed by atoms with Crippen molar-refractivity contribution in [3.8, 4) is 6.07 Å². The summed E-state index contributed by atoms with van der Waals surface area (Å²) in [6.45, 7) is 4.91. The first-order chi connectivity index (χ1) is 7.70. The van der Waals surface area contributed by atoms with Crippen LogP contribution < -0.4 is 5.32 Å². The maximum absolute atomic E-state index is 8.87. The standard InChI is InChI=1S/C11H16N4O/c1-7(2)10-14-11(16-15-10)8-3-4-13-9(5-8)6-12/h7-9,13H,3-5H2,1-2H3/t8-,9-/m0/s1. The van der Waals surface area contributed by atoms with Gasteiger partial charge in [0.25, 0.3) is 0 Å². The van der Waals surface area contributed by atoms with Crippen molar-refractivity contribution < 1.29 is 4.52 Å². The van der Waals surface area contributed by atoms with Crippen molar-refractivity contribution >= 4 is 0 Å². The summed E-state index contributed by atoms with van der Waals surface area (Å²) < 4.78 is 5.26. The number of hydrogen-bond donors (Lipinski definition) is 1. The van der Waals surface area contributed by atoms with E-state index in [0.29, 0.717) is 5.89 Å². The molecule has 1 aliphatic rings. The smallest absolute Gasteiger partial charge is 0.229 e. The van der Waals surface area contributed by atoms with Gasteiger partial charge in [-0.25, -0.2) is 0 Å². The number of nitrogens with zero attached hydrogens (tertiary/aromatic N) is 3. The molecule has 16 heavy (non-hydrogen) atoms. The van der Waals surface area contributed by atoms with E-state index in [1.54, 1.807) is 0 Å². The second-order valence-electron chi connectivity index (χ2n) is 4.50. The lowest BCUT2D eigenvalue weighted by Gasteiger charge is -2.23. The van der Waals surface area contributed by atoms with Gasteiger partial charge in [0.1, 0.15) is 0 Å². The highest BCUT2D eigenvalue weighted by Gasteiger charge is 2.27. The topological polar surface area (TPSA) is 74.7 Å². The SMILES string of the molecule is CC(C)c1noc([C@H]2CCN[C@H](C#N)C2)n1. The van der Waals surface area contributed by atoms with Crippen LogP contribution in [0.1, 0.15) is 50.2 Å². The molecule has 1 aromatic rings. The van der Waals surface area contributed by atoms with E-state index in [-0.39, 0.29) is 17.9 Å². The second-order valence-corrected chi connectivity index (χ2v) is 4.50. The third-order valence-corrected chi connectivity index (χ3v) is 2.88. The molecular formula is C11H16N4O. The van der Waals surface area contributed by atoms with Crippen LogP contribution in [-0.4, -0.2) is 22.7 Å². The first kappa shape index (κ1) is 11.1. The Kier molecular flexibility index (Phi) is 3.20. The Morgan fingerprint density at radius 2 is 2.38 bits per heavy atom. The van der Waals surface area contributed by atoms with Gasteiger partial charge in [0, 0.05) is 11.8 Å². The van der Waals surface area contributed by atoms with Crippen molar-refractivity contribution in [2.45, 2.75) is 44.6 Å². The molecule has 0 bridgehead atoms. The minimum Gasteiger partial charge on any atom is -0.339 e. The average molecular weight is 220 g/mol. The van der Waals surface area contributed by atoms with Crippen LogP contribution in [0.25, 0.3) is 0 Å². The van der Waals surface area contributed by atoms with Gasteiger partial charge in [-0.15, -0.1) is 0 Å². The predicted octanol–water partition coefficient (Wildman–Crippen LogP) is 1.55. The first-order valence-corrected chi connectivity index (χ1v) is 5.67. The average Bonchev–Trinajstić information content (AvgIpc) is 2.78. The Morgan fingerprint density at radius 3 is 3.00 bits per heavy atom. The Labute approximate surface area is 94.8 Å². The maximum Gasteiger partial charge on any atom is 0.229 e. The minimum atomic E-state index is -0.0897. The van der Waals surface area contributed by atoms with Gasteiger partial charge >= 0.3 is 0 Å². The summed E-state index contributed by atoms with van der Waals surface area (Å²) in [6.07, 6.45) is 1.72. The molecule has 1 fully saturated rings. The fraction of sp³-hybridized carbons (Fsp3) is 0.727. The summed E-state index contributed by atoms with van der Waals surface area (Å²) >= 11 is 0. The molecule has 1 aliphatic heterocycles. The number of piperidine rings is 1. The van der Waals surface area contributed by atoms with Crippen LogP contribution in [0.15, 0.2) is 4.52 Å². The first-order valence-electron chi connectivity index (χ1n) is 5.67. The van der Waals surface area contributed by atoms with E-state index in [0.717, 1.165) is 25.2 Å². The fourth-order valence-corrected chi connectivity index (χ4v) is 1.89. The van der Waals surface area contributed by atoms with Crippen LogP contribution in [0, 0.1) is 11.3 Å². The maximum atomic E-state index is 8.87. The Morgan fingerprint density at radius 1 is 1.56 bits per heavy atom. The molecule has 2 atom stereocenters. The van der Waals surface area contributed by atoms with Gasteiger partial charge in [-0.1, -0.05) is 19.0 Å². The summed E-state index contributed by atoms with van der Waals surface area (Å²) in [4.78, 5) is 4.39.